The van der Waals surface area contributed by atoms with Crippen molar-refractivity contribution in [1.29, 1.82) is 0 Å². The molecule has 0 radical (unpaired) electrons. The van der Waals surface area contributed by atoms with Gasteiger partial charge in [0.25, 0.3) is 5.91 Å². The fourth-order valence-electron chi connectivity index (χ4n) is 3.06. The fourth-order valence-corrected chi connectivity index (χ4v) is 3.06. The Bertz CT molecular complexity index is 990. The highest BCUT2D eigenvalue weighted by Gasteiger charge is 2.34. The molecule has 27 heavy (non-hydrogen) atoms. The van der Waals surface area contributed by atoms with Gasteiger partial charge in [-0.05, 0) is 38.0 Å². The van der Waals surface area contributed by atoms with Gasteiger partial charge in [0.15, 0.2) is 17.7 Å². The highest BCUT2D eigenvalue weighted by atomic mass is 16.5. The first-order chi connectivity index (χ1) is 13.0. The summed E-state index contributed by atoms with van der Waals surface area (Å²) in [6.45, 7) is 1.50. The van der Waals surface area contributed by atoms with Gasteiger partial charge in [0, 0.05) is 27.9 Å². The standard InChI is InChI=1S/C21H17NO5/c1-11(27-21(26)12-6-7-12)20(25)22-13-8-9-16-17(10-13)19(24)15-5-3-2-4-14(15)18(16)23/h2-5,8-12H,6-7H2,1H3,(H,22,25)/t11-/m0/s1. The summed E-state index contributed by atoms with van der Waals surface area (Å²) in [5.41, 5.74) is 1.66. The zero-order valence-corrected chi connectivity index (χ0v) is 14.7. The lowest BCUT2D eigenvalue weighted by Crippen LogP contribution is -2.30. The summed E-state index contributed by atoms with van der Waals surface area (Å²) in [5, 5.41) is 2.64. The average Bonchev–Trinajstić information content (AvgIpc) is 3.51. The van der Waals surface area contributed by atoms with E-state index in [0.29, 0.717) is 22.4 Å². The van der Waals surface area contributed by atoms with Gasteiger partial charge in [-0.3, -0.25) is 19.2 Å². The third-order valence-electron chi connectivity index (χ3n) is 4.77. The van der Waals surface area contributed by atoms with Crippen LogP contribution in [0, 0.1) is 5.92 Å². The van der Waals surface area contributed by atoms with Gasteiger partial charge in [0.05, 0.1) is 5.92 Å². The Balaban J connectivity index is 1.54. The smallest absolute Gasteiger partial charge is 0.309 e. The van der Waals surface area contributed by atoms with Crippen molar-refractivity contribution in [1.82, 2.24) is 0 Å². The predicted octanol–water partition coefficient (Wildman–Crippen LogP) is 2.74. The number of fused-ring (bicyclic) bond motifs is 2. The topological polar surface area (TPSA) is 89.5 Å². The number of carbonyl (C=O) groups is 4. The van der Waals surface area contributed by atoms with E-state index in [-0.39, 0.29) is 29.0 Å². The highest BCUT2D eigenvalue weighted by molar-refractivity contribution is 6.28. The van der Waals surface area contributed by atoms with Crippen LogP contribution in [-0.2, 0) is 14.3 Å². The largest absolute Gasteiger partial charge is 0.452 e. The van der Waals surface area contributed by atoms with Gasteiger partial charge >= 0.3 is 5.97 Å². The van der Waals surface area contributed by atoms with E-state index in [0.717, 1.165) is 12.8 Å². The Hall–Kier alpha value is -3.28. The summed E-state index contributed by atoms with van der Waals surface area (Å²) >= 11 is 0. The Labute approximate surface area is 155 Å². The highest BCUT2D eigenvalue weighted by Crippen LogP contribution is 2.31. The minimum absolute atomic E-state index is 0.0901. The Kier molecular flexibility index (Phi) is 4.11. The Morgan fingerprint density at radius 2 is 1.56 bits per heavy atom. The van der Waals surface area contributed by atoms with Gasteiger partial charge in [-0.25, -0.2) is 0 Å². The molecule has 4 rings (SSSR count). The lowest BCUT2D eigenvalue weighted by molar-refractivity contribution is -0.154. The minimum Gasteiger partial charge on any atom is -0.452 e. The molecule has 0 spiro atoms. The number of ether oxygens (including phenoxy) is 1. The average molecular weight is 363 g/mol. The molecule has 0 heterocycles. The molecule has 1 N–H and O–H groups in total. The first-order valence-electron chi connectivity index (χ1n) is 8.79. The number of hydrogen-bond donors (Lipinski definition) is 1. The third-order valence-corrected chi connectivity index (χ3v) is 4.77. The van der Waals surface area contributed by atoms with Crippen molar-refractivity contribution in [3.8, 4) is 0 Å². The molecule has 0 bridgehead atoms. The van der Waals surface area contributed by atoms with Crippen molar-refractivity contribution in [2.24, 2.45) is 5.92 Å². The molecule has 0 aromatic heterocycles. The fraction of sp³-hybridized carbons (Fsp3) is 0.238. The maximum atomic E-state index is 12.7. The second-order valence-electron chi connectivity index (χ2n) is 6.81. The number of amides is 1. The molecule has 0 saturated heterocycles. The minimum atomic E-state index is -0.938. The van der Waals surface area contributed by atoms with Crippen LogP contribution in [0.1, 0.15) is 51.6 Å². The molecule has 0 unspecified atom stereocenters. The van der Waals surface area contributed by atoms with Crippen molar-refractivity contribution in [3.63, 3.8) is 0 Å². The van der Waals surface area contributed by atoms with Crippen LogP contribution in [0.5, 0.6) is 0 Å². The molecular weight excluding hydrogens is 346 g/mol. The van der Waals surface area contributed by atoms with Crippen molar-refractivity contribution in [2.75, 3.05) is 5.32 Å². The van der Waals surface area contributed by atoms with Crippen molar-refractivity contribution in [3.05, 3.63) is 64.7 Å². The lowest BCUT2D eigenvalue weighted by Gasteiger charge is -2.19. The van der Waals surface area contributed by atoms with E-state index in [1.165, 1.54) is 19.1 Å². The number of hydrogen-bond acceptors (Lipinski definition) is 5. The van der Waals surface area contributed by atoms with E-state index in [9.17, 15) is 19.2 Å². The van der Waals surface area contributed by atoms with Gasteiger partial charge in [0.2, 0.25) is 0 Å². The van der Waals surface area contributed by atoms with Crippen LogP contribution in [0.3, 0.4) is 0 Å². The molecule has 6 heteroatoms. The van der Waals surface area contributed by atoms with Crippen molar-refractivity contribution < 1.29 is 23.9 Å². The molecule has 136 valence electrons. The number of rotatable bonds is 4. The van der Waals surface area contributed by atoms with Crippen LogP contribution in [-0.4, -0.2) is 29.5 Å². The van der Waals surface area contributed by atoms with E-state index in [1.807, 2.05) is 0 Å². The SMILES string of the molecule is C[C@H](OC(=O)C1CC1)C(=O)Nc1ccc2c(c1)C(=O)c1ccccc1C2=O. The number of nitrogens with one attached hydrogen (secondary N) is 1. The van der Waals surface area contributed by atoms with E-state index in [1.54, 1.807) is 30.3 Å². The second kappa shape index (κ2) is 6.46. The number of carbonyl (C=O) groups excluding carboxylic acids is 4. The number of anilines is 1. The number of benzene rings is 2. The third kappa shape index (κ3) is 3.14. The number of ketones is 2. The number of esters is 1. The van der Waals surface area contributed by atoms with E-state index >= 15 is 0 Å². The Morgan fingerprint density at radius 1 is 0.963 bits per heavy atom. The molecular formula is C21H17NO5. The van der Waals surface area contributed by atoms with Crippen LogP contribution in [0.4, 0.5) is 5.69 Å². The summed E-state index contributed by atoms with van der Waals surface area (Å²) in [4.78, 5) is 49.2. The zero-order valence-electron chi connectivity index (χ0n) is 14.7. The van der Waals surface area contributed by atoms with Gasteiger partial charge in [0.1, 0.15) is 0 Å². The predicted molar refractivity (Wildman–Crippen MR) is 96.7 cm³/mol. The molecule has 1 amide bonds. The summed E-state index contributed by atoms with van der Waals surface area (Å²) in [6, 6.07) is 11.2. The summed E-state index contributed by atoms with van der Waals surface area (Å²) in [6.07, 6.45) is 0.665. The molecule has 1 atom stereocenters. The van der Waals surface area contributed by atoms with Gasteiger partial charge < -0.3 is 10.1 Å². The van der Waals surface area contributed by atoms with Crippen molar-refractivity contribution >= 4 is 29.1 Å². The maximum Gasteiger partial charge on any atom is 0.309 e. The maximum absolute atomic E-state index is 12.7. The monoisotopic (exact) mass is 363 g/mol. The molecule has 6 nitrogen and oxygen atoms in total. The molecule has 2 aliphatic carbocycles. The normalized spacial score (nSPS) is 16.2. The van der Waals surface area contributed by atoms with E-state index < -0.39 is 12.0 Å². The molecule has 1 saturated carbocycles. The van der Waals surface area contributed by atoms with Crippen LogP contribution in [0.25, 0.3) is 0 Å². The summed E-state index contributed by atoms with van der Waals surface area (Å²) in [5.74, 6) is -1.42. The van der Waals surface area contributed by atoms with Crippen LogP contribution >= 0.6 is 0 Å². The van der Waals surface area contributed by atoms with Crippen LogP contribution < -0.4 is 5.32 Å². The summed E-state index contributed by atoms with van der Waals surface area (Å²) in [7, 11) is 0. The molecule has 2 aliphatic rings. The first-order valence-corrected chi connectivity index (χ1v) is 8.79. The lowest BCUT2D eigenvalue weighted by atomic mass is 9.84. The molecule has 0 aliphatic heterocycles. The Morgan fingerprint density at radius 3 is 2.19 bits per heavy atom. The molecule has 2 aromatic carbocycles. The van der Waals surface area contributed by atoms with Gasteiger partial charge in [-0.2, -0.15) is 0 Å². The second-order valence-corrected chi connectivity index (χ2v) is 6.81. The quantitative estimate of drug-likeness (QED) is 0.720. The van der Waals surface area contributed by atoms with E-state index in [2.05, 4.69) is 5.32 Å². The molecule has 2 aromatic rings. The van der Waals surface area contributed by atoms with E-state index in [4.69, 9.17) is 4.74 Å². The van der Waals surface area contributed by atoms with Crippen LogP contribution in [0.15, 0.2) is 42.5 Å². The van der Waals surface area contributed by atoms with Gasteiger partial charge in [-0.1, -0.05) is 24.3 Å². The summed E-state index contributed by atoms with van der Waals surface area (Å²) < 4.78 is 5.13. The van der Waals surface area contributed by atoms with Gasteiger partial charge in [-0.15, -0.1) is 0 Å². The van der Waals surface area contributed by atoms with Crippen LogP contribution in [0.2, 0.25) is 0 Å². The molecule has 1 fully saturated rings. The zero-order chi connectivity index (χ0) is 19.1. The first kappa shape index (κ1) is 17.1. The van der Waals surface area contributed by atoms with Crippen molar-refractivity contribution in [2.45, 2.75) is 25.9 Å².